The molecule has 0 aliphatic carbocycles. The predicted octanol–water partition coefficient (Wildman–Crippen LogP) is 5.90. The first-order valence-corrected chi connectivity index (χ1v) is 9.41. The summed E-state index contributed by atoms with van der Waals surface area (Å²) in [6, 6.07) is 9.51. The zero-order chi connectivity index (χ0) is 21.0. The van der Waals surface area contributed by atoms with Gasteiger partial charge in [-0.05, 0) is 69.4 Å². The molecule has 0 aliphatic heterocycles. The van der Waals surface area contributed by atoms with Crippen LogP contribution < -0.4 is 5.32 Å². The second kappa shape index (κ2) is 8.83. The van der Waals surface area contributed by atoms with Gasteiger partial charge in [0.05, 0.1) is 10.6 Å². The average Bonchev–Trinajstić information content (AvgIpc) is 2.63. The molecule has 1 unspecified atom stereocenters. The van der Waals surface area contributed by atoms with Gasteiger partial charge in [0.25, 0.3) is 5.69 Å². The van der Waals surface area contributed by atoms with E-state index >= 15 is 0 Å². The minimum atomic E-state index is -0.426. The van der Waals surface area contributed by atoms with Gasteiger partial charge >= 0.3 is 0 Å². The van der Waals surface area contributed by atoms with Crippen molar-refractivity contribution < 1.29 is 9.72 Å². The van der Waals surface area contributed by atoms with E-state index < -0.39 is 4.92 Å². The summed E-state index contributed by atoms with van der Waals surface area (Å²) in [5.74, 6) is -0.397. The van der Waals surface area contributed by atoms with E-state index in [-0.39, 0.29) is 17.5 Å². The quantitative estimate of drug-likeness (QED) is 0.501. The molecule has 2 rings (SSSR count). The highest BCUT2D eigenvalue weighted by molar-refractivity contribution is 5.93. The summed E-state index contributed by atoms with van der Waals surface area (Å²) in [4.78, 5) is 23.3. The van der Waals surface area contributed by atoms with Gasteiger partial charge in [-0.2, -0.15) is 0 Å². The third-order valence-corrected chi connectivity index (χ3v) is 5.04. The zero-order valence-electron chi connectivity index (χ0n) is 17.4. The number of carbonyl (C=O) groups excluding carboxylic acids is 1. The molecule has 0 fully saturated rings. The predicted molar refractivity (Wildman–Crippen MR) is 115 cm³/mol. The van der Waals surface area contributed by atoms with Gasteiger partial charge in [0.15, 0.2) is 0 Å². The normalized spacial score (nSPS) is 12.6. The first-order chi connectivity index (χ1) is 13.1. The summed E-state index contributed by atoms with van der Waals surface area (Å²) in [5.41, 5.74) is 6.64. The largest absolute Gasteiger partial charge is 0.325 e. The van der Waals surface area contributed by atoms with Crippen molar-refractivity contribution in [1.82, 2.24) is 0 Å². The monoisotopic (exact) mass is 380 g/mol. The van der Waals surface area contributed by atoms with Crippen LogP contribution in [0.15, 0.2) is 36.4 Å². The number of nitrogens with one attached hydrogen (secondary N) is 1. The Bertz CT molecular complexity index is 945. The summed E-state index contributed by atoms with van der Waals surface area (Å²) in [6.45, 7) is 11.6. The van der Waals surface area contributed by atoms with Crippen molar-refractivity contribution in [3.8, 4) is 0 Å². The Morgan fingerprint density at radius 2 is 1.79 bits per heavy atom. The van der Waals surface area contributed by atoms with Gasteiger partial charge in [0.1, 0.15) is 0 Å². The van der Waals surface area contributed by atoms with E-state index in [4.69, 9.17) is 0 Å². The van der Waals surface area contributed by atoms with Gasteiger partial charge in [-0.15, -0.1) is 0 Å². The molecule has 5 nitrogen and oxygen atoms in total. The molecule has 0 radical (unpaired) electrons. The molecule has 0 heterocycles. The maximum atomic E-state index is 12.6. The van der Waals surface area contributed by atoms with E-state index in [9.17, 15) is 14.9 Å². The lowest BCUT2D eigenvalue weighted by atomic mass is 9.96. The van der Waals surface area contributed by atoms with Crippen LogP contribution in [0.3, 0.4) is 0 Å². The van der Waals surface area contributed by atoms with Crippen LogP contribution in [0.5, 0.6) is 0 Å². The highest BCUT2D eigenvalue weighted by Crippen LogP contribution is 2.27. The molecule has 28 heavy (non-hydrogen) atoms. The van der Waals surface area contributed by atoms with Crippen molar-refractivity contribution in [1.29, 1.82) is 0 Å². The summed E-state index contributed by atoms with van der Waals surface area (Å²) in [5, 5.41) is 14.0. The van der Waals surface area contributed by atoms with E-state index in [0.29, 0.717) is 17.7 Å². The van der Waals surface area contributed by atoms with Crippen LogP contribution in [0.1, 0.15) is 48.1 Å². The van der Waals surface area contributed by atoms with E-state index in [1.54, 1.807) is 13.0 Å². The fourth-order valence-corrected chi connectivity index (χ4v) is 3.16. The van der Waals surface area contributed by atoms with Crippen LogP contribution in [-0.2, 0) is 4.79 Å². The molecule has 1 amide bonds. The van der Waals surface area contributed by atoms with Crippen molar-refractivity contribution >= 4 is 22.9 Å². The number of amides is 1. The van der Waals surface area contributed by atoms with Gasteiger partial charge in [0.2, 0.25) is 5.91 Å². The number of allylic oxidation sites excluding steroid dienone is 2. The van der Waals surface area contributed by atoms with Gasteiger partial charge in [-0.3, -0.25) is 14.9 Å². The fraction of sp³-hybridized carbons (Fsp3) is 0.348. The molecule has 0 spiro atoms. The number of hydrogen-bond donors (Lipinski definition) is 1. The molecule has 2 aromatic carbocycles. The number of rotatable bonds is 6. The summed E-state index contributed by atoms with van der Waals surface area (Å²) in [7, 11) is 0. The number of nitrogens with zero attached hydrogens (tertiary/aromatic N) is 1. The van der Waals surface area contributed by atoms with Crippen molar-refractivity contribution in [3.05, 3.63) is 74.3 Å². The highest BCUT2D eigenvalue weighted by Gasteiger charge is 2.17. The molecule has 1 atom stereocenters. The Morgan fingerprint density at radius 1 is 1.11 bits per heavy atom. The molecule has 0 bridgehead atoms. The van der Waals surface area contributed by atoms with E-state index in [0.717, 1.165) is 11.1 Å². The smallest absolute Gasteiger partial charge is 0.274 e. The average molecular weight is 380 g/mol. The van der Waals surface area contributed by atoms with E-state index in [1.807, 2.05) is 13.8 Å². The molecule has 2 aromatic rings. The standard InChI is InChI=1S/C23H28N2O3/c1-14-7-8-15(2)20(11-14)16(3)9-10-17(4)23(26)24-21-13-22(25(27)28)19(6)12-18(21)5/h7-9,11-13,17H,10H2,1-6H3,(H,24,26)/b16-9-. The fourth-order valence-electron chi connectivity index (χ4n) is 3.16. The van der Waals surface area contributed by atoms with Crippen LogP contribution in [0.25, 0.3) is 5.57 Å². The van der Waals surface area contributed by atoms with Crippen molar-refractivity contribution in [2.75, 3.05) is 5.32 Å². The molecular formula is C23H28N2O3. The lowest BCUT2D eigenvalue weighted by Crippen LogP contribution is -2.20. The zero-order valence-corrected chi connectivity index (χ0v) is 17.4. The Balaban J connectivity index is 2.12. The second-order valence-electron chi connectivity index (χ2n) is 7.54. The second-order valence-corrected chi connectivity index (χ2v) is 7.54. The topological polar surface area (TPSA) is 72.2 Å². The number of nitro groups is 1. The van der Waals surface area contributed by atoms with Crippen molar-refractivity contribution in [2.45, 2.75) is 48.0 Å². The molecule has 0 saturated carbocycles. The van der Waals surface area contributed by atoms with Gasteiger partial charge in [-0.1, -0.05) is 36.8 Å². The van der Waals surface area contributed by atoms with Crippen LogP contribution in [0, 0.1) is 43.7 Å². The van der Waals surface area contributed by atoms with Gasteiger partial charge < -0.3 is 5.32 Å². The molecule has 1 N–H and O–H groups in total. The summed E-state index contributed by atoms with van der Waals surface area (Å²) in [6.07, 6.45) is 2.68. The third kappa shape index (κ3) is 5.06. The van der Waals surface area contributed by atoms with E-state index in [1.165, 1.54) is 22.8 Å². The lowest BCUT2D eigenvalue weighted by molar-refractivity contribution is -0.385. The maximum absolute atomic E-state index is 12.6. The molecule has 0 aromatic heterocycles. The summed E-state index contributed by atoms with van der Waals surface area (Å²) >= 11 is 0. The molecule has 0 saturated heterocycles. The Morgan fingerprint density at radius 3 is 2.43 bits per heavy atom. The number of nitro benzene ring substituents is 1. The summed E-state index contributed by atoms with van der Waals surface area (Å²) < 4.78 is 0. The van der Waals surface area contributed by atoms with Gasteiger partial charge in [0, 0.05) is 17.5 Å². The lowest BCUT2D eigenvalue weighted by Gasteiger charge is -2.14. The number of aryl methyl sites for hydroxylation is 4. The third-order valence-electron chi connectivity index (χ3n) is 5.04. The minimum absolute atomic E-state index is 0.0132. The van der Waals surface area contributed by atoms with Gasteiger partial charge in [-0.25, -0.2) is 0 Å². The Hall–Kier alpha value is -2.95. The number of anilines is 1. The van der Waals surface area contributed by atoms with Crippen LogP contribution in [0.4, 0.5) is 11.4 Å². The Labute approximate surface area is 166 Å². The first kappa shape index (κ1) is 21.4. The van der Waals surface area contributed by atoms with Crippen LogP contribution in [0.2, 0.25) is 0 Å². The maximum Gasteiger partial charge on any atom is 0.274 e. The highest BCUT2D eigenvalue weighted by atomic mass is 16.6. The first-order valence-electron chi connectivity index (χ1n) is 9.41. The number of benzene rings is 2. The molecule has 148 valence electrons. The molecular weight excluding hydrogens is 352 g/mol. The van der Waals surface area contributed by atoms with E-state index in [2.05, 4.69) is 50.4 Å². The van der Waals surface area contributed by atoms with Crippen LogP contribution >= 0.6 is 0 Å². The van der Waals surface area contributed by atoms with Crippen LogP contribution in [-0.4, -0.2) is 10.8 Å². The Kier molecular flexibility index (Phi) is 6.73. The minimum Gasteiger partial charge on any atom is -0.325 e. The number of hydrogen-bond acceptors (Lipinski definition) is 3. The molecule has 0 aliphatic rings. The SMILES string of the molecule is C/C(=C/CC(C)C(=O)Nc1cc([N+](=O)[O-])c(C)cc1C)c1cc(C)ccc1C. The van der Waals surface area contributed by atoms with Crippen molar-refractivity contribution in [3.63, 3.8) is 0 Å². The number of carbonyl (C=O) groups is 1. The van der Waals surface area contributed by atoms with Crippen molar-refractivity contribution in [2.24, 2.45) is 5.92 Å². The molecule has 5 heteroatoms.